The van der Waals surface area contributed by atoms with E-state index in [1.54, 1.807) is 0 Å². The summed E-state index contributed by atoms with van der Waals surface area (Å²) in [5.41, 5.74) is 4.61. The second-order valence-corrected chi connectivity index (χ2v) is 6.68. The third kappa shape index (κ3) is 4.44. The third-order valence-corrected chi connectivity index (χ3v) is 4.61. The van der Waals surface area contributed by atoms with Crippen LogP contribution in [0.1, 0.15) is 18.9 Å². The molecular formula is C16H16N3O5S-. The van der Waals surface area contributed by atoms with Crippen LogP contribution in [0, 0.1) is 0 Å². The van der Waals surface area contributed by atoms with E-state index in [0.29, 0.717) is 6.42 Å². The van der Waals surface area contributed by atoms with Gasteiger partial charge in [-0.15, -0.1) is 0 Å². The smallest absolute Gasteiger partial charge is 0.231 e. The number of rotatable bonds is 5. The summed E-state index contributed by atoms with van der Waals surface area (Å²) >= 11 is 0.949. The van der Waals surface area contributed by atoms with Gasteiger partial charge < -0.3 is 24.7 Å². The average Bonchev–Trinajstić information content (AvgIpc) is 3.05. The van der Waals surface area contributed by atoms with Crippen molar-refractivity contribution in [2.75, 3.05) is 6.79 Å². The lowest BCUT2D eigenvalue weighted by Crippen LogP contribution is -2.45. The first-order valence-corrected chi connectivity index (χ1v) is 8.45. The second kappa shape index (κ2) is 7.47. The number of benzene rings is 1. The van der Waals surface area contributed by atoms with Crippen molar-refractivity contribution < 1.29 is 24.2 Å². The van der Waals surface area contributed by atoms with Gasteiger partial charge in [0, 0.05) is 12.1 Å². The van der Waals surface area contributed by atoms with Gasteiger partial charge >= 0.3 is 0 Å². The summed E-state index contributed by atoms with van der Waals surface area (Å²) in [5.74, 6) is -0.203. The number of carbonyl (C=O) groups excluding carboxylic acids is 2. The van der Waals surface area contributed by atoms with Gasteiger partial charge in [-0.25, -0.2) is 0 Å². The van der Waals surface area contributed by atoms with Crippen LogP contribution in [-0.4, -0.2) is 29.1 Å². The molecule has 3 rings (SSSR count). The number of aliphatic carboxylic acids is 1. The van der Waals surface area contributed by atoms with Crippen LogP contribution in [-0.2, 0) is 16.0 Å². The normalized spacial score (nSPS) is 21.2. The second-order valence-electron chi connectivity index (χ2n) is 5.49. The fourth-order valence-corrected chi connectivity index (χ4v) is 3.13. The molecule has 1 fully saturated rings. The SMILES string of the molecule is C/C(=C/Cc1ccc2c(c1)OCO2)N/N=C1\NC(=O)C[C@H](C(=O)[O-])S1. The Bertz CT molecular complexity index is 762. The first-order chi connectivity index (χ1) is 12.0. The maximum atomic E-state index is 11.5. The summed E-state index contributed by atoms with van der Waals surface area (Å²) in [6.07, 6.45) is 2.46. The molecule has 1 saturated heterocycles. The van der Waals surface area contributed by atoms with E-state index in [-0.39, 0.29) is 18.4 Å². The lowest BCUT2D eigenvalue weighted by Gasteiger charge is -2.23. The van der Waals surface area contributed by atoms with Crippen LogP contribution in [0.25, 0.3) is 0 Å². The quantitative estimate of drug-likeness (QED) is 0.714. The number of amidine groups is 1. The minimum Gasteiger partial charge on any atom is -0.549 e. The molecule has 9 heteroatoms. The van der Waals surface area contributed by atoms with Gasteiger partial charge in [0.1, 0.15) is 0 Å². The first-order valence-electron chi connectivity index (χ1n) is 7.57. The van der Waals surface area contributed by atoms with Gasteiger partial charge in [0.05, 0.1) is 11.2 Å². The summed E-state index contributed by atoms with van der Waals surface area (Å²) in [4.78, 5) is 22.4. The molecule has 2 aliphatic heterocycles. The molecule has 0 bridgehead atoms. The molecule has 2 heterocycles. The average molecular weight is 362 g/mol. The molecule has 25 heavy (non-hydrogen) atoms. The van der Waals surface area contributed by atoms with E-state index in [1.165, 1.54) is 0 Å². The van der Waals surface area contributed by atoms with Gasteiger partial charge in [0.25, 0.3) is 0 Å². The van der Waals surface area contributed by atoms with E-state index in [4.69, 9.17) is 9.47 Å². The molecule has 0 radical (unpaired) electrons. The van der Waals surface area contributed by atoms with Gasteiger partial charge in [0.15, 0.2) is 16.7 Å². The fourth-order valence-electron chi connectivity index (χ4n) is 2.25. The lowest BCUT2D eigenvalue weighted by molar-refractivity contribution is -0.304. The number of carboxylic acids is 1. The van der Waals surface area contributed by atoms with Crippen molar-refractivity contribution in [2.24, 2.45) is 5.10 Å². The number of hydrogen-bond acceptors (Lipinski definition) is 8. The Labute approximate surface area is 148 Å². The summed E-state index contributed by atoms with van der Waals surface area (Å²) < 4.78 is 10.6. The Morgan fingerprint density at radius 2 is 2.28 bits per heavy atom. The van der Waals surface area contributed by atoms with Crippen molar-refractivity contribution in [3.63, 3.8) is 0 Å². The van der Waals surface area contributed by atoms with Crippen LogP contribution in [0.4, 0.5) is 0 Å². The van der Waals surface area contributed by atoms with Gasteiger partial charge in [-0.1, -0.05) is 23.9 Å². The molecule has 8 nitrogen and oxygen atoms in total. The number of nitrogens with zero attached hydrogens (tertiary/aromatic N) is 1. The highest BCUT2D eigenvalue weighted by Gasteiger charge is 2.25. The summed E-state index contributed by atoms with van der Waals surface area (Å²) in [7, 11) is 0. The maximum absolute atomic E-state index is 11.5. The number of nitrogens with one attached hydrogen (secondary N) is 2. The number of carbonyl (C=O) groups is 2. The molecule has 1 aromatic carbocycles. The highest BCUT2D eigenvalue weighted by atomic mass is 32.2. The minimum absolute atomic E-state index is 0.120. The van der Waals surface area contributed by atoms with E-state index in [1.807, 2.05) is 31.2 Å². The predicted molar refractivity (Wildman–Crippen MR) is 89.7 cm³/mol. The van der Waals surface area contributed by atoms with Crippen LogP contribution >= 0.6 is 11.8 Å². The zero-order valence-corrected chi connectivity index (χ0v) is 14.2. The number of allylic oxidation sites excluding steroid dienone is 2. The predicted octanol–water partition coefficient (Wildman–Crippen LogP) is 0.0938. The van der Waals surface area contributed by atoms with Crippen LogP contribution in [0.5, 0.6) is 11.5 Å². The molecule has 0 spiro atoms. The van der Waals surface area contributed by atoms with Crippen molar-refractivity contribution in [2.45, 2.75) is 25.0 Å². The topological polar surface area (TPSA) is 112 Å². The van der Waals surface area contributed by atoms with Crippen molar-refractivity contribution in [1.29, 1.82) is 0 Å². The zero-order valence-electron chi connectivity index (χ0n) is 13.4. The van der Waals surface area contributed by atoms with Crippen LogP contribution in [0.3, 0.4) is 0 Å². The van der Waals surface area contributed by atoms with Crippen LogP contribution in [0.15, 0.2) is 35.1 Å². The standard InChI is InChI=1S/C16H17N3O5S/c1-9(2-3-10-4-5-11-12(6-10)24-8-23-11)18-19-16-17-14(20)7-13(25-16)15(21)22/h2,4-6,13,18H,3,7-8H2,1H3,(H,21,22)(H,17,19,20)/p-1/b9-2-/t13-/m1/s1. The number of amides is 1. The Hall–Kier alpha value is -2.68. The Kier molecular flexibility index (Phi) is 5.13. The highest BCUT2D eigenvalue weighted by Crippen LogP contribution is 2.32. The van der Waals surface area contributed by atoms with Gasteiger partial charge in [-0.3, -0.25) is 10.2 Å². The number of ether oxygens (including phenoxy) is 2. The zero-order chi connectivity index (χ0) is 17.8. The molecule has 2 N–H and O–H groups in total. The molecule has 0 aliphatic carbocycles. The van der Waals surface area contributed by atoms with Crippen molar-refractivity contribution in [3.8, 4) is 11.5 Å². The lowest BCUT2D eigenvalue weighted by atomic mass is 10.1. The first kappa shape index (κ1) is 17.2. The summed E-state index contributed by atoms with van der Waals surface area (Å²) in [5, 5.41) is 16.7. The van der Waals surface area contributed by atoms with E-state index in [9.17, 15) is 14.7 Å². The Morgan fingerprint density at radius 1 is 1.48 bits per heavy atom. The van der Waals surface area contributed by atoms with E-state index >= 15 is 0 Å². The molecule has 1 aromatic rings. The van der Waals surface area contributed by atoms with Gasteiger partial charge in [-0.05, 0) is 31.0 Å². The van der Waals surface area contributed by atoms with Crippen molar-refractivity contribution >= 4 is 28.8 Å². The molecule has 0 unspecified atom stereocenters. The van der Waals surface area contributed by atoms with Gasteiger partial charge in [0.2, 0.25) is 12.7 Å². The highest BCUT2D eigenvalue weighted by molar-refractivity contribution is 8.15. The summed E-state index contributed by atoms with van der Waals surface area (Å²) in [6, 6.07) is 5.73. The largest absolute Gasteiger partial charge is 0.549 e. The number of thioether (sulfide) groups is 1. The molecule has 1 atom stereocenters. The molecule has 0 aromatic heterocycles. The molecule has 0 saturated carbocycles. The molecule has 132 valence electrons. The van der Waals surface area contributed by atoms with Crippen molar-refractivity contribution in [3.05, 3.63) is 35.5 Å². The number of hydrazone groups is 1. The summed E-state index contributed by atoms with van der Waals surface area (Å²) in [6.45, 7) is 2.06. The number of hydrogen-bond donors (Lipinski definition) is 2. The fraction of sp³-hybridized carbons (Fsp3) is 0.312. The third-order valence-electron chi connectivity index (χ3n) is 3.55. The molecular weight excluding hydrogens is 346 g/mol. The molecule has 1 amide bonds. The maximum Gasteiger partial charge on any atom is 0.231 e. The number of carboxylic acid groups (broad SMARTS) is 1. The van der Waals surface area contributed by atoms with Crippen LogP contribution < -0.4 is 25.3 Å². The van der Waals surface area contributed by atoms with Crippen LogP contribution in [0.2, 0.25) is 0 Å². The van der Waals surface area contributed by atoms with Crippen molar-refractivity contribution in [1.82, 2.24) is 10.7 Å². The van der Waals surface area contributed by atoms with E-state index < -0.39 is 17.1 Å². The minimum atomic E-state index is -1.28. The van der Waals surface area contributed by atoms with E-state index in [2.05, 4.69) is 15.8 Å². The Morgan fingerprint density at radius 3 is 3.08 bits per heavy atom. The van der Waals surface area contributed by atoms with Gasteiger partial charge in [-0.2, -0.15) is 5.10 Å². The number of fused-ring (bicyclic) bond motifs is 1. The molecule has 2 aliphatic rings. The Balaban J connectivity index is 1.58. The van der Waals surface area contributed by atoms with E-state index in [0.717, 1.165) is 34.5 Å². The monoisotopic (exact) mass is 362 g/mol.